The number of carbonyl (C=O) groups excluding carboxylic acids is 1. The predicted octanol–water partition coefficient (Wildman–Crippen LogP) is 4.30. The van der Waals surface area contributed by atoms with E-state index in [4.69, 9.17) is 4.74 Å². The Morgan fingerprint density at radius 3 is 2.18 bits per heavy atom. The first kappa shape index (κ1) is 21.1. The van der Waals surface area contributed by atoms with Gasteiger partial charge in [-0.1, -0.05) is 0 Å². The van der Waals surface area contributed by atoms with E-state index in [0.29, 0.717) is 6.07 Å². The summed E-state index contributed by atoms with van der Waals surface area (Å²) in [6.45, 7) is -0.829. The van der Waals surface area contributed by atoms with Crippen molar-refractivity contribution >= 4 is 38.9 Å². The number of nitrogens with zero attached hydrogens (tertiary/aromatic N) is 2. The molecule has 0 radical (unpaired) electrons. The van der Waals surface area contributed by atoms with E-state index in [1.165, 1.54) is 6.07 Å². The number of carbonyl (C=O) groups is 1. The highest BCUT2D eigenvalue weighted by molar-refractivity contribution is 9.10. The molecule has 0 fully saturated rings. The van der Waals surface area contributed by atoms with Crippen molar-refractivity contribution in [1.82, 2.24) is 0 Å². The second kappa shape index (κ2) is 8.21. The van der Waals surface area contributed by atoms with Crippen molar-refractivity contribution in [1.29, 1.82) is 0 Å². The number of hydrogen-bond acceptors (Lipinski definition) is 6. The van der Waals surface area contributed by atoms with E-state index < -0.39 is 45.5 Å². The van der Waals surface area contributed by atoms with Crippen LogP contribution >= 0.6 is 15.9 Å². The molecule has 2 aromatic rings. The lowest BCUT2D eigenvalue weighted by molar-refractivity contribution is -0.385. The molecule has 2 rings (SSSR count). The number of amides is 1. The molecular weight excluding hydrogens is 455 g/mol. The van der Waals surface area contributed by atoms with Gasteiger partial charge in [-0.25, -0.2) is 0 Å². The second-order valence-electron chi connectivity index (χ2n) is 5.19. The van der Waals surface area contributed by atoms with E-state index >= 15 is 0 Å². The second-order valence-corrected chi connectivity index (χ2v) is 6.05. The first-order chi connectivity index (χ1) is 13.0. The zero-order chi connectivity index (χ0) is 21.1. The van der Waals surface area contributed by atoms with E-state index in [1.54, 1.807) is 0 Å². The van der Waals surface area contributed by atoms with Gasteiger partial charge in [-0.15, -0.1) is 0 Å². The van der Waals surface area contributed by atoms with Gasteiger partial charge in [0.1, 0.15) is 11.3 Å². The van der Waals surface area contributed by atoms with Gasteiger partial charge in [0, 0.05) is 28.7 Å². The molecule has 0 aliphatic carbocycles. The molecule has 1 N–H and O–H groups in total. The average molecular weight is 464 g/mol. The summed E-state index contributed by atoms with van der Waals surface area (Å²) < 4.78 is 44.2. The maximum atomic E-state index is 13.1. The van der Waals surface area contributed by atoms with Crippen LogP contribution in [0, 0.1) is 20.2 Å². The van der Waals surface area contributed by atoms with Gasteiger partial charge in [0.15, 0.2) is 6.61 Å². The Labute approximate surface area is 162 Å². The smallest absolute Gasteiger partial charge is 0.420 e. The van der Waals surface area contributed by atoms with Crippen molar-refractivity contribution in [2.45, 2.75) is 6.18 Å². The third-order valence-electron chi connectivity index (χ3n) is 3.28. The number of nitrogens with one attached hydrogen (secondary N) is 1. The lowest BCUT2D eigenvalue weighted by Gasteiger charge is -2.14. The number of nitro groups is 2. The third kappa shape index (κ3) is 5.16. The number of rotatable bonds is 6. The highest BCUT2D eigenvalue weighted by Crippen LogP contribution is 2.38. The molecule has 0 bridgehead atoms. The maximum absolute atomic E-state index is 13.1. The van der Waals surface area contributed by atoms with Crippen LogP contribution in [0.25, 0.3) is 0 Å². The van der Waals surface area contributed by atoms with Gasteiger partial charge in [-0.3, -0.25) is 25.0 Å². The lowest BCUT2D eigenvalue weighted by atomic mass is 10.1. The topological polar surface area (TPSA) is 125 Å². The van der Waals surface area contributed by atoms with Gasteiger partial charge in [-0.05, 0) is 28.1 Å². The standard InChI is InChI=1S/C15H9BrF3N3O6/c16-11-6-9(22(26)27)1-3-12(11)20-14(23)7-28-13-4-2-8(21(24)25)5-10(13)15(17,18)19/h1-6H,7H2,(H,20,23). The van der Waals surface area contributed by atoms with Crippen molar-refractivity contribution in [2.24, 2.45) is 0 Å². The van der Waals surface area contributed by atoms with E-state index in [0.717, 1.165) is 24.3 Å². The van der Waals surface area contributed by atoms with Gasteiger partial charge >= 0.3 is 6.18 Å². The number of hydrogen-bond donors (Lipinski definition) is 1. The molecule has 0 aromatic heterocycles. The molecule has 2 aromatic carbocycles. The number of halogens is 4. The largest absolute Gasteiger partial charge is 0.483 e. The van der Waals surface area contributed by atoms with Crippen molar-refractivity contribution in [3.8, 4) is 5.75 Å². The molecule has 0 aliphatic rings. The molecule has 1 amide bonds. The van der Waals surface area contributed by atoms with Gasteiger partial charge in [0.05, 0.1) is 15.5 Å². The van der Waals surface area contributed by atoms with Crippen molar-refractivity contribution in [3.05, 3.63) is 66.7 Å². The first-order valence-corrected chi connectivity index (χ1v) is 8.00. The predicted molar refractivity (Wildman–Crippen MR) is 93.0 cm³/mol. The molecule has 9 nitrogen and oxygen atoms in total. The molecule has 13 heteroatoms. The zero-order valence-corrected chi connectivity index (χ0v) is 15.1. The van der Waals surface area contributed by atoms with E-state index in [1.807, 2.05) is 0 Å². The molecule has 148 valence electrons. The van der Waals surface area contributed by atoms with Crippen LogP contribution in [0.4, 0.5) is 30.2 Å². The first-order valence-electron chi connectivity index (χ1n) is 7.21. The minimum atomic E-state index is -4.93. The summed E-state index contributed by atoms with van der Waals surface area (Å²) in [6, 6.07) is 5.35. The van der Waals surface area contributed by atoms with Gasteiger partial charge < -0.3 is 10.1 Å². The number of alkyl halides is 3. The Hall–Kier alpha value is -3.22. The van der Waals surface area contributed by atoms with Crippen molar-refractivity contribution in [2.75, 3.05) is 11.9 Å². The fourth-order valence-corrected chi connectivity index (χ4v) is 2.49. The minimum Gasteiger partial charge on any atom is -0.483 e. The van der Waals surface area contributed by atoms with Crippen LogP contribution in [0.3, 0.4) is 0 Å². The highest BCUT2D eigenvalue weighted by atomic mass is 79.9. The Morgan fingerprint density at radius 1 is 1.07 bits per heavy atom. The van der Waals surface area contributed by atoms with Crippen LogP contribution in [-0.2, 0) is 11.0 Å². The number of anilines is 1. The van der Waals surface area contributed by atoms with E-state index in [2.05, 4.69) is 21.2 Å². The molecule has 0 aliphatic heterocycles. The average Bonchev–Trinajstić information content (AvgIpc) is 2.60. The van der Waals surface area contributed by atoms with Crippen LogP contribution in [-0.4, -0.2) is 22.4 Å². The van der Waals surface area contributed by atoms with E-state index in [9.17, 15) is 38.2 Å². The number of non-ortho nitro benzene ring substituents is 2. The molecule has 0 saturated carbocycles. The van der Waals surface area contributed by atoms with Crippen LogP contribution in [0.1, 0.15) is 5.56 Å². The van der Waals surface area contributed by atoms with Crippen LogP contribution in [0.2, 0.25) is 0 Å². The summed E-state index contributed by atoms with van der Waals surface area (Å²) in [6.07, 6.45) is -4.93. The van der Waals surface area contributed by atoms with Crippen LogP contribution in [0.15, 0.2) is 40.9 Å². The Kier molecular flexibility index (Phi) is 6.18. The minimum absolute atomic E-state index is 0.138. The monoisotopic (exact) mass is 463 g/mol. The van der Waals surface area contributed by atoms with Gasteiger partial charge in [0.2, 0.25) is 0 Å². The summed E-state index contributed by atoms with van der Waals surface area (Å²) in [5.41, 5.74) is -2.27. The SMILES string of the molecule is O=C(COc1ccc([N+](=O)[O-])cc1C(F)(F)F)Nc1ccc([N+](=O)[O-])cc1Br. The Morgan fingerprint density at radius 2 is 1.64 bits per heavy atom. The number of ether oxygens (including phenoxy) is 1. The summed E-state index contributed by atoms with van der Waals surface area (Å²) in [5, 5.41) is 23.6. The molecule has 28 heavy (non-hydrogen) atoms. The number of benzene rings is 2. The number of nitro benzene ring substituents is 2. The lowest BCUT2D eigenvalue weighted by Crippen LogP contribution is -2.21. The highest BCUT2D eigenvalue weighted by Gasteiger charge is 2.36. The van der Waals surface area contributed by atoms with Crippen molar-refractivity contribution in [3.63, 3.8) is 0 Å². The third-order valence-corrected chi connectivity index (χ3v) is 3.93. The fourth-order valence-electron chi connectivity index (χ4n) is 2.03. The molecule has 0 heterocycles. The summed E-state index contributed by atoms with van der Waals surface area (Å²) >= 11 is 3.03. The van der Waals surface area contributed by atoms with Crippen LogP contribution in [0.5, 0.6) is 5.75 Å². The summed E-state index contributed by atoms with van der Waals surface area (Å²) in [5.74, 6) is -1.60. The molecular formula is C15H9BrF3N3O6. The molecule has 0 unspecified atom stereocenters. The summed E-state index contributed by atoms with van der Waals surface area (Å²) in [7, 11) is 0. The summed E-state index contributed by atoms with van der Waals surface area (Å²) in [4.78, 5) is 31.6. The normalized spacial score (nSPS) is 11.0. The quantitative estimate of drug-likeness (QED) is 0.502. The van der Waals surface area contributed by atoms with Gasteiger partial charge in [-0.2, -0.15) is 13.2 Å². The van der Waals surface area contributed by atoms with Gasteiger partial charge in [0.25, 0.3) is 17.3 Å². The zero-order valence-electron chi connectivity index (χ0n) is 13.5. The van der Waals surface area contributed by atoms with E-state index in [-0.39, 0.29) is 15.8 Å². The van der Waals surface area contributed by atoms with Crippen molar-refractivity contribution < 1.29 is 32.5 Å². The molecule has 0 atom stereocenters. The fraction of sp³-hybridized carbons (Fsp3) is 0.133. The Bertz CT molecular complexity index is 951. The molecule has 0 spiro atoms. The Balaban J connectivity index is 2.12. The molecule has 0 saturated heterocycles. The van der Waals surface area contributed by atoms with Crippen LogP contribution < -0.4 is 10.1 Å². The maximum Gasteiger partial charge on any atom is 0.420 e.